The van der Waals surface area contributed by atoms with Crippen molar-refractivity contribution in [3.63, 3.8) is 0 Å². The van der Waals surface area contributed by atoms with Gasteiger partial charge in [0.05, 0.1) is 6.54 Å². The third-order valence-corrected chi connectivity index (χ3v) is 3.97. The zero-order chi connectivity index (χ0) is 13.1. The minimum atomic E-state index is 0.265. The molecule has 18 heavy (non-hydrogen) atoms. The van der Waals surface area contributed by atoms with Crippen LogP contribution in [0, 0.1) is 13.8 Å². The minimum Gasteiger partial charge on any atom is -0.293 e. The van der Waals surface area contributed by atoms with Gasteiger partial charge in [-0.2, -0.15) is 0 Å². The average molecular weight is 245 g/mol. The molecule has 98 valence electrons. The van der Waals surface area contributed by atoms with Crippen molar-refractivity contribution in [2.45, 2.75) is 46.1 Å². The van der Waals surface area contributed by atoms with E-state index in [1.165, 1.54) is 24.8 Å². The summed E-state index contributed by atoms with van der Waals surface area (Å²) in [6, 6.07) is 6.64. The maximum Gasteiger partial charge on any atom is 0.177 e. The van der Waals surface area contributed by atoms with Gasteiger partial charge in [-0.1, -0.05) is 30.2 Å². The van der Waals surface area contributed by atoms with E-state index in [-0.39, 0.29) is 5.78 Å². The van der Waals surface area contributed by atoms with Gasteiger partial charge in [-0.3, -0.25) is 9.69 Å². The Labute approximate surface area is 110 Å². The van der Waals surface area contributed by atoms with E-state index in [2.05, 4.69) is 24.8 Å². The Kier molecular flexibility index (Phi) is 4.18. The molecule has 1 unspecified atom stereocenters. The smallest absolute Gasteiger partial charge is 0.177 e. The van der Waals surface area contributed by atoms with E-state index >= 15 is 0 Å². The molecule has 0 aliphatic carbocycles. The lowest BCUT2D eigenvalue weighted by molar-refractivity contribution is 0.0859. The van der Waals surface area contributed by atoms with Crippen LogP contribution < -0.4 is 0 Å². The minimum absolute atomic E-state index is 0.265. The number of hydrogen-bond donors (Lipinski definition) is 0. The Morgan fingerprint density at radius 3 is 2.78 bits per heavy atom. The number of benzene rings is 1. The molecule has 2 rings (SSSR count). The highest BCUT2D eigenvalue weighted by atomic mass is 16.1. The van der Waals surface area contributed by atoms with Crippen LogP contribution in [0.25, 0.3) is 0 Å². The van der Waals surface area contributed by atoms with E-state index in [4.69, 9.17) is 0 Å². The molecule has 1 aliphatic heterocycles. The number of Topliss-reactive ketones (excluding diaryl/α,β-unsaturated/α-hetero) is 1. The first-order valence-electron chi connectivity index (χ1n) is 6.92. The van der Waals surface area contributed by atoms with Crippen LogP contribution in [0.15, 0.2) is 18.2 Å². The second kappa shape index (κ2) is 5.66. The van der Waals surface area contributed by atoms with Crippen molar-refractivity contribution in [1.82, 2.24) is 4.90 Å². The summed E-state index contributed by atoms with van der Waals surface area (Å²) < 4.78 is 0. The Hall–Kier alpha value is -1.15. The lowest BCUT2D eigenvalue weighted by atomic mass is 9.99. The Bertz CT molecular complexity index is 439. The lowest BCUT2D eigenvalue weighted by Crippen LogP contribution is -2.40. The summed E-state index contributed by atoms with van der Waals surface area (Å²) >= 11 is 0. The topological polar surface area (TPSA) is 20.3 Å². The largest absolute Gasteiger partial charge is 0.293 e. The summed E-state index contributed by atoms with van der Waals surface area (Å²) in [6.07, 6.45) is 3.75. The fourth-order valence-corrected chi connectivity index (χ4v) is 2.79. The summed E-state index contributed by atoms with van der Waals surface area (Å²) in [5.74, 6) is 0.265. The monoisotopic (exact) mass is 245 g/mol. The molecule has 0 saturated carbocycles. The third kappa shape index (κ3) is 2.99. The predicted molar refractivity (Wildman–Crippen MR) is 75.1 cm³/mol. The van der Waals surface area contributed by atoms with E-state index in [9.17, 15) is 4.79 Å². The summed E-state index contributed by atoms with van der Waals surface area (Å²) in [4.78, 5) is 14.7. The van der Waals surface area contributed by atoms with E-state index in [1.807, 2.05) is 19.1 Å². The number of piperidine rings is 1. The van der Waals surface area contributed by atoms with Crippen molar-refractivity contribution in [1.29, 1.82) is 0 Å². The first-order chi connectivity index (χ1) is 8.58. The number of aryl methyl sites for hydroxylation is 2. The van der Waals surface area contributed by atoms with Gasteiger partial charge < -0.3 is 0 Å². The van der Waals surface area contributed by atoms with Crippen LogP contribution in [0.1, 0.15) is 47.7 Å². The van der Waals surface area contributed by atoms with Gasteiger partial charge in [0.1, 0.15) is 0 Å². The number of nitrogens with zero attached hydrogens (tertiary/aromatic N) is 1. The molecule has 1 aromatic carbocycles. The van der Waals surface area contributed by atoms with Gasteiger partial charge in [0.25, 0.3) is 0 Å². The van der Waals surface area contributed by atoms with Gasteiger partial charge in [0.2, 0.25) is 0 Å². The van der Waals surface area contributed by atoms with Crippen LogP contribution in [-0.4, -0.2) is 29.8 Å². The van der Waals surface area contributed by atoms with Gasteiger partial charge in [0.15, 0.2) is 5.78 Å². The van der Waals surface area contributed by atoms with Crippen molar-refractivity contribution in [3.05, 3.63) is 34.9 Å². The van der Waals surface area contributed by atoms with E-state index in [0.29, 0.717) is 12.6 Å². The molecule has 0 amide bonds. The van der Waals surface area contributed by atoms with Gasteiger partial charge in [-0.05, 0) is 45.7 Å². The van der Waals surface area contributed by atoms with Crippen molar-refractivity contribution >= 4 is 5.78 Å². The summed E-state index contributed by atoms with van der Waals surface area (Å²) in [5.41, 5.74) is 3.21. The van der Waals surface area contributed by atoms with Gasteiger partial charge >= 0.3 is 0 Å². The molecule has 1 atom stereocenters. The number of carbonyl (C=O) groups is 1. The van der Waals surface area contributed by atoms with Gasteiger partial charge in [-0.15, -0.1) is 0 Å². The quantitative estimate of drug-likeness (QED) is 0.761. The molecule has 0 radical (unpaired) electrons. The van der Waals surface area contributed by atoms with Crippen LogP contribution in [-0.2, 0) is 0 Å². The van der Waals surface area contributed by atoms with Crippen LogP contribution >= 0.6 is 0 Å². The highest BCUT2D eigenvalue weighted by Gasteiger charge is 2.21. The summed E-state index contributed by atoms with van der Waals surface area (Å²) in [6.45, 7) is 7.96. The first-order valence-corrected chi connectivity index (χ1v) is 6.92. The second-order valence-electron chi connectivity index (χ2n) is 5.56. The normalized spacial score (nSPS) is 20.9. The predicted octanol–water partition coefficient (Wildman–Crippen LogP) is 3.36. The SMILES string of the molecule is Cc1ccc(C(=O)CN2CCCCC2C)c(C)c1. The fraction of sp³-hybridized carbons (Fsp3) is 0.562. The van der Waals surface area contributed by atoms with Crippen molar-refractivity contribution in [2.75, 3.05) is 13.1 Å². The Morgan fingerprint density at radius 1 is 1.33 bits per heavy atom. The van der Waals surface area contributed by atoms with Gasteiger partial charge in [-0.25, -0.2) is 0 Å². The van der Waals surface area contributed by atoms with Crippen molar-refractivity contribution in [3.8, 4) is 0 Å². The molecule has 0 aromatic heterocycles. The van der Waals surface area contributed by atoms with Crippen LogP contribution in [0.4, 0.5) is 0 Å². The molecule has 0 N–H and O–H groups in total. The number of rotatable bonds is 3. The van der Waals surface area contributed by atoms with E-state index in [1.54, 1.807) is 0 Å². The summed E-state index contributed by atoms with van der Waals surface area (Å²) in [7, 11) is 0. The second-order valence-corrected chi connectivity index (χ2v) is 5.56. The molecule has 0 bridgehead atoms. The summed E-state index contributed by atoms with van der Waals surface area (Å²) in [5, 5.41) is 0. The first kappa shape index (κ1) is 13.3. The highest BCUT2D eigenvalue weighted by molar-refractivity contribution is 5.99. The zero-order valence-electron chi connectivity index (χ0n) is 11.7. The fourth-order valence-electron chi connectivity index (χ4n) is 2.79. The lowest BCUT2D eigenvalue weighted by Gasteiger charge is -2.32. The number of ketones is 1. The van der Waals surface area contributed by atoms with Crippen molar-refractivity contribution < 1.29 is 4.79 Å². The molecular formula is C16H23NO. The van der Waals surface area contributed by atoms with Gasteiger partial charge in [0, 0.05) is 11.6 Å². The standard InChI is InChI=1S/C16H23NO/c1-12-7-8-15(13(2)10-12)16(18)11-17-9-5-4-6-14(17)3/h7-8,10,14H,4-6,9,11H2,1-3H3. The third-order valence-electron chi connectivity index (χ3n) is 3.97. The Balaban J connectivity index is 2.07. The zero-order valence-corrected chi connectivity index (χ0v) is 11.7. The molecule has 1 fully saturated rings. The molecule has 2 heteroatoms. The molecular weight excluding hydrogens is 222 g/mol. The molecule has 1 aromatic rings. The molecule has 1 heterocycles. The Morgan fingerprint density at radius 2 is 2.11 bits per heavy atom. The number of hydrogen-bond acceptors (Lipinski definition) is 2. The van der Waals surface area contributed by atoms with E-state index in [0.717, 1.165) is 17.7 Å². The number of carbonyl (C=O) groups excluding carboxylic acids is 1. The molecule has 0 spiro atoms. The average Bonchev–Trinajstić information content (AvgIpc) is 2.32. The molecule has 2 nitrogen and oxygen atoms in total. The van der Waals surface area contributed by atoms with Crippen LogP contribution in [0.3, 0.4) is 0 Å². The maximum atomic E-state index is 12.3. The molecule has 1 aliphatic rings. The molecule has 1 saturated heterocycles. The van der Waals surface area contributed by atoms with E-state index < -0.39 is 0 Å². The number of likely N-dealkylation sites (tertiary alicyclic amines) is 1. The van der Waals surface area contributed by atoms with Crippen LogP contribution in [0.5, 0.6) is 0 Å². The highest BCUT2D eigenvalue weighted by Crippen LogP contribution is 2.18. The maximum absolute atomic E-state index is 12.3. The van der Waals surface area contributed by atoms with Crippen LogP contribution in [0.2, 0.25) is 0 Å². The van der Waals surface area contributed by atoms with Crippen molar-refractivity contribution in [2.24, 2.45) is 0 Å².